The van der Waals surface area contributed by atoms with Gasteiger partial charge >= 0.3 is 5.97 Å². The van der Waals surface area contributed by atoms with Crippen molar-refractivity contribution in [2.75, 3.05) is 25.0 Å². The van der Waals surface area contributed by atoms with Gasteiger partial charge in [0, 0.05) is 31.2 Å². The fourth-order valence-electron chi connectivity index (χ4n) is 2.62. The van der Waals surface area contributed by atoms with Crippen LogP contribution in [0.25, 0.3) is 0 Å². The van der Waals surface area contributed by atoms with E-state index in [9.17, 15) is 18.0 Å². The SMILES string of the molecule is O=C(COC(=O)c1cnccn1)Nc1cccc(S(=O)(=O)N2CCCC2)c1. The zero-order chi connectivity index (χ0) is 19.3. The molecule has 1 amide bonds. The average Bonchev–Trinajstić information content (AvgIpc) is 3.23. The summed E-state index contributed by atoms with van der Waals surface area (Å²) in [5.74, 6) is -1.37. The molecule has 3 rings (SSSR count). The summed E-state index contributed by atoms with van der Waals surface area (Å²) < 4.78 is 31.4. The highest BCUT2D eigenvalue weighted by Gasteiger charge is 2.27. The van der Waals surface area contributed by atoms with E-state index in [4.69, 9.17) is 4.74 Å². The molecule has 0 spiro atoms. The van der Waals surface area contributed by atoms with Crippen LogP contribution in [0.5, 0.6) is 0 Å². The van der Waals surface area contributed by atoms with Crippen LogP contribution in [-0.4, -0.2) is 54.3 Å². The molecule has 1 aromatic carbocycles. The summed E-state index contributed by atoms with van der Waals surface area (Å²) in [5.41, 5.74) is 0.292. The van der Waals surface area contributed by atoms with Crippen molar-refractivity contribution in [1.29, 1.82) is 0 Å². The summed E-state index contributed by atoms with van der Waals surface area (Å²) in [6.07, 6.45) is 5.65. The zero-order valence-corrected chi connectivity index (χ0v) is 15.2. The average molecular weight is 390 g/mol. The minimum Gasteiger partial charge on any atom is -0.451 e. The molecule has 1 fully saturated rings. The molecule has 0 saturated carbocycles. The van der Waals surface area contributed by atoms with E-state index in [2.05, 4.69) is 15.3 Å². The molecule has 2 aromatic rings. The van der Waals surface area contributed by atoms with Gasteiger partial charge in [-0.15, -0.1) is 0 Å². The van der Waals surface area contributed by atoms with Gasteiger partial charge in [-0.1, -0.05) is 6.07 Å². The number of nitrogens with zero attached hydrogens (tertiary/aromatic N) is 3. The van der Waals surface area contributed by atoms with E-state index in [1.807, 2.05) is 0 Å². The molecule has 0 bridgehead atoms. The van der Waals surface area contributed by atoms with E-state index in [0.717, 1.165) is 12.8 Å². The highest BCUT2D eigenvalue weighted by Crippen LogP contribution is 2.23. The van der Waals surface area contributed by atoms with E-state index in [1.165, 1.54) is 35.0 Å². The number of amides is 1. The Morgan fingerprint density at radius 2 is 1.96 bits per heavy atom. The van der Waals surface area contributed by atoms with Crippen molar-refractivity contribution in [3.05, 3.63) is 48.5 Å². The topological polar surface area (TPSA) is 119 Å². The molecular formula is C17H18N4O5S. The van der Waals surface area contributed by atoms with Gasteiger partial charge in [-0.2, -0.15) is 4.31 Å². The van der Waals surface area contributed by atoms with Crippen molar-refractivity contribution in [3.8, 4) is 0 Å². The fourth-order valence-corrected chi connectivity index (χ4v) is 4.18. The molecule has 27 heavy (non-hydrogen) atoms. The third kappa shape index (κ3) is 4.66. The normalized spacial score (nSPS) is 14.7. The summed E-state index contributed by atoms with van der Waals surface area (Å²) in [6.45, 7) is 0.465. The van der Waals surface area contributed by atoms with Crippen LogP contribution < -0.4 is 5.32 Å². The maximum Gasteiger partial charge on any atom is 0.359 e. The Balaban J connectivity index is 1.61. The number of esters is 1. The van der Waals surface area contributed by atoms with E-state index in [1.54, 1.807) is 12.1 Å². The first-order chi connectivity index (χ1) is 13.0. The van der Waals surface area contributed by atoms with E-state index in [0.29, 0.717) is 18.8 Å². The quantitative estimate of drug-likeness (QED) is 0.733. The fraction of sp³-hybridized carbons (Fsp3) is 0.294. The Morgan fingerprint density at radius 3 is 2.67 bits per heavy atom. The summed E-state index contributed by atoms with van der Waals surface area (Å²) in [7, 11) is -3.58. The molecule has 1 aliphatic heterocycles. The number of hydrogen-bond acceptors (Lipinski definition) is 7. The summed E-state index contributed by atoms with van der Waals surface area (Å²) in [6, 6.07) is 5.98. The van der Waals surface area contributed by atoms with Crippen LogP contribution in [0.3, 0.4) is 0 Å². The Morgan fingerprint density at radius 1 is 1.19 bits per heavy atom. The van der Waals surface area contributed by atoms with Crippen molar-refractivity contribution in [3.63, 3.8) is 0 Å². The number of anilines is 1. The van der Waals surface area contributed by atoms with Crippen molar-refractivity contribution in [2.45, 2.75) is 17.7 Å². The van der Waals surface area contributed by atoms with E-state index in [-0.39, 0.29) is 10.6 Å². The van der Waals surface area contributed by atoms with Gasteiger partial charge in [-0.25, -0.2) is 18.2 Å². The highest BCUT2D eigenvalue weighted by atomic mass is 32.2. The minimum absolute atomic E-state index is 0.0102. The number of rotatable bonds is 6. The van der Waals surface area contributed by atoms with Gasteiger partial charge in [0.05, 0.1) is 11.1 Å². The molecule has 1 saturated heterocycles. The lowest BCUT2D eigenvalue weighted by Gasteiger charge is -2.16. The predicted octanol–water partition coefficient (Wildman–Crippen LogP) is 1.06. The number of ether oxygens (including phenoxy) is 1. The first kappa shape index (κ1) is 18.9. The summed E-state index contributed by atoms with van der Waals surface area (Å²) in [4.78, 5) is 31.4. The van der Waals surface area contributed by atoms with Crippen LogP contribution in [0.2, 0.25) is 0 Å². The number of benzene rings is 1. The van der Waals surface area contributed by atoms with Gasteiger partial charge in [0.25, 0.3) is 5.91 Å². The molecule has 2 heterocycles. The maximum absolute atomic E-state index is 12.6. The number of carbonyl (C=O) groups is 2. The van der Waals surface area contributed by atoms with E-state index < -0.39 is 28.5 Å². The lowest BCUT2D eigenvalue weighted by atomic mass is 10.3. The number of nitrogens with one attached hydrogen (secondary N) is 1. The third-order valence-electron chi connectivity index (χ3n) is 3.93. The Bertz CT molecular complexity index is 927. The lowest BCUT2D eigenvalue weighted by molar-refractivity contribution is -0.119. The van der Waals surface area contributed by atoms with Crippen molar-refractivity contribution < 1.29 is 22.7 Å². The Kier molecular flexibility index (Phi) is 5.77. The smallest absolute Gasteiger partial charge is 0.359 e. The van der Waals surface area contributed by atoms with Crippen LogP contribution in [0.15, 0.2) is 47.8 Å². The van der Waals surface area contributed by atoms with Gasteiger partial charge in [0.15, 0.2) is 12.3 Å². The largest absolute Gasteiger partial charge is 0.451 e. The first-order valence-electron chi connectivity index (χ1n) is 8.30. The maximum atomic E-state index is 12.6. The van der Waals surface area contributed by atoms with Crippen molar-refractivity contribution >= 4 is 27.6 Å². The molecular weight excluding hydrogens is 372 g/mol. The lowest BCUT2D eigenvalue weighted by Crippen LogP contribution is -2.28. The predicted molar refractivity (Wildman–Crippen MR) is 95.4 cm³/mol. The van der Waals surface area contributed by atoms with Crippen molar-refractivity contribution in [2.24, 2.45) is 0 Å². The Hall–Kier alpha value is -2.85. The number of aromatic nitrogens is 2. The standard InChI is InChI=1S/C17H18N4O5S/c22-16(12-26-17(23)15-11-18-6-7-19-15)20-13-4-3-5-14(10-13)27(24,25)21-8-1-2-9-21/h3-7,10-11H,1-2,8-9,12H2,(H,20,22). The third-order valence-corrected chi connectivity index (χ3v) is 5.82. The first-order valence-corrected chi connectivity index (χ1v) is 9.74. The van der Waals surface area contributed by atoms with Gasteiger partial charge < -0.3 is 10.1 Å². The number of hydrogen-bond donors (Lipinski definition) is 1. The second-order valence-electron chi connectivity index (χ2n) is 5.85. The summed E-state index contributed by atoms with van der Waals surface area (Å²) in [5, 5.41) is 2.52. The highest BCUT2D eigenvalue weighted by molar-refractivity contribution is 7.89. The van der Waals surface area contributed by atoms with Gasteiger partial charge in [0.1, 0.15) is 0 Å². The summed E-state index contributed by atoms with van der Waals surface area (Å²) >= 11 is 0. The molecule has 0 unspecified atom stereocenters. The Labute approximate surface area is 156 Å². The van der Waals surface area contributed by atoms with Gasteiger partial charge in [0.2, 0.25) is 10.0 Å². The van der Waals surface area contributed by atoms with Gasteiger partial charge in [-0.3, -0.25) is 9.78 Å². The molecule has 1 aromatic heterocycles. The number of sulfonamides is 1. The van der Waals surface area contributed by atoms with Crippen molar-refractivity contribution in [1.82, 2.24) is 14.3 Å². The number of carbonyl (C=O) groups excluding carboxylic acids is 2. The molecule has 9 nitrogen and oxygen atoms in total. The van der Waals surface area contributed by atoms with Crippen LogP contribution >= 0.6 is 0 Å². The molecule has 142 valence electrons. The van der Waals surface area contributed by atoms with Crippen LogP contribution in [-0.2, 0) is 19.6 Å². The molecule has 10 heteroatoms. The molecule has 0 aliphatic carbocycles. The molecule has 1 aliphatic rings. The molecule has 1 N–H and O–H groups in total. The second-order valence-corrected chi connectivity index (χ2v) is 7.79. The van der Waals surface area contributed by atoms with Crippen LogP contribution in [0, 0.1) is 0 Å². The molecule has 0 radical (unpaired) electrons. The van der Waals surface area contributed by atoms with Gasteiger partial charge in [-0.05, 0) is 31.0 Å². The zero-order valence-electron chi connectivity index (χ0n) is 14.4. The van der Waals surface area contributed by atoms with Crippen LogP contribution in [0.4, 0.5) is 5.69 Å². The van der Waals surface area contributed by atoms with Crippen LogP contribution in [0.1, 0.15) is 23.3 Å². The monoisotopic (exact) mass is 390 g/mol. The minimum atomic E-state index is -3.58. The second kappa shape index (κ2) is 8.23. The molecule has 0 atom stereocenters. The van der Waals surface area contributed by atoms with E-state index >= 15 is 0 Å².